The summed E-state index contributed by atoms with van der Waals surface area (Å²) >= 11 is 4.97. The van der Waals surface area contributed by atoms with Gasteiger partial charge in [0.15, 0.2) is 0 Å². The number of carbonyl (C=O) groups is 1. The summed E-state index contributed by atoms with van der Waals surface area (Å²) in [5, 5.41) is 10.6. The van der Waals surface area contributed by atoms with Crippen molar-refractivity contribution < 1.29 is 9.53 Å². The third-order valence-electron chi connectivity index (χ3n) is 4.99. The van der Waals surface area contributed by atoms with Crippen LogP contribution in [-0.2, 0) is 4.79 Å². The minimum absolute atomic E-state index is 0.0361. The molecule has 2 aliphatic heterocycles. The van der Waals surface area contributed by atoms with Crippen molar-refractivity contribution >= 4 is 39.3 Å². The Bertz CT molecular complexity index is 984. The van der Waals surface area contributed by atoms with Crippen LogP contribution in [0.25, 0.3) is 0 Å². The number of para-hydroxylation sites is 2. The molecule has 7 heteroatoms. The first-order valence-corrected chi connectivity index (χ1v) is 10.6. The lowest BCUT2D eigenvalue weighted by Gasteiger charge is -2.42. The molecule has 0 bridgehead atoms. The molecule has 4 rings (SSSR count). The Morgan fingerprint density at radius 1 is 1.21 bits per heavy atom. The van der Waals surface area contributed by atoms with Gasteiger partial charge in [-0.1, -0.05) is 52.0 Å². The van der Waals surface area contributed by atoms with E-state index in [0.29, 0.717) is 24.5 Å². The zero-order chi connectivity index (χ0) is 19.7. The van der Waals surface area contributed by atoms with E-state index in [1.807, 2.05) is 48.5 Å². The number of thioether (sulfide) groups is 1. The molecule has 0 N–H and O–H groups in total. The number of nitriles is 1. The summed E-state index contributed by atoms with van der Waals surface area (Å²) in [5.41, 5.74) is 2.61. The third-order valence-corrected chi connectivity index (χ3v) is 6.67. The fourth-order valence-electron chi connectivity index (χ4n) is 3.59. The summed E-state index contributed by atoms with van der Waals surface area (Å²) in [6, 6.07) is 18.0. The molecule has 0 unspecified atom stereocenters. The zero-order valence-electron chi connectivity index (χ0n) is 15.3. The first kappa shape index (κ1) is 18.9. The lowest BCUT2D eigenvalue weighted by Crippen LogP contribution is -2.47. The Hall–Kier alpha value is -2.43. The second-order valence-corrected chi connectivity index (χ2v) is 8.44. The molecule has 0 aromatic heterocycles. The van der Waals surface area contributed by atoms with Gasteiger partial charge in [-0.3, -0.25) is 9.69 Å². The van der Waals surface area contributed by atoms with Gasteiger partial charge in [-0.25, -0.2) is 0 Å². The van der Waals surface area contributed by atoms with Crippen LogP contribution in [0.15, 0.2) is 63.6 Å². The Balaban J connectivity index is 1.67. The number of halogens is 1. The van der Waals surface area contributed by atoms with Crippen molar-refractivity contribution in [1.29, 1.82) is 5.26 Å². The number of nitrogens with zero attached hydrogens (tertiary/aromatic N) is 3. The Morgan fingerprint density at radius 2 is 1.96 bits per heavy atom. The quantitative estimate of drug-likeness (QED) is 0.672. The molecule has 1 saturated heterocycles. The number of methoxy groups -OCH3 is 1. The fraction of sp³-hybridized carbons (Fsp3) is 0.238. The van der Waals surface area contributed by atoms with E-state index in [1.165, 1.54) is 11.8 Å². The maximum atomic E-state index is 13.0. The molecule has 1 amide bonds. The van der Waals surface area contributed by atoms with Crippen LogP contribution in [0.5, 0.6) is 5.75 Å². The van der Waals surface area contributed by atoms with Crippen molar-refractivity contribution in [3.8, 4) is 11.8 Å². The second-order valence-electron chi connectivity index (χ2n) is 6.59. The highest BCUT2D eigenvalue weighted by molar-refractivity contribution is 9.10. The van der Waals surface area contributed by atoms with E-state index in [0.717, 1.165) is 26.5 Å². The number of anilines is 1. The monoisotopic (exact) mass is 455 g/mol. The molecule has 28 heavy (non-hydrogen) atoms. The number of rotatable bonds is 3. The smallest absolute Gasteiger partial charge is 0.229 e. The highest BCUT2D eigenvalue weighted by Gasteiger charge is 2.38. The normalized spacial score (nSPS) is 19.3. The SMILES string of the molecule is COc1ccccc1N1CSC2=C(C#N)[C@@H](c3ccc(Br)cc3)CC(=O)N2C1. The predicted octanol–water partition coefficient (Wildman–Crippen LogP) is 4.68. The molecule has 2 aromatic rings. The molecule has 2 heterocycles. The van der Waals surface area contributed by atoms with Crippen molar-refractivity contribution in [3.63, 3.8) is 0 Å². The van der Waals surface area contributed by atoms with Crippen molar-refractivity contribution in [3.05, 3.63) is 69.2 Å². The molecular formula is C21H18BrN3O2S. The summed E-state index contributed by atoms with van der Waals surface area (Å²) in [6.07, 6.45) is 0.300. The molecule has 1 fully saturated rings. The molecule has 1 atom stereocenters. The van der Waals surface area contributed by atoms with Crippen LogP contribution in [0.2, 0.25) is 0 Å². The van der Waals surface area contributed by atoms with E-state index in [-0.39, 0.29) is 11.8 Å². The molecule has 0 saturated carbocycles. The number of fused-ring (bicyclic) bond motifs is 1. The number of ether oxygens (including phenoxy) is 1. The van der Waals surface area contributed by atoms with Gasteiger partial charge in [0.1, 0.15) is 5.75 Å². The summed E-state index contributed by atoms with van der Waals surface area (Å²) in [4.78, 5) is 16.8. The number of carbonyl (C=O) groups excluding carboxylic acids is 1. The van der Waals surface area contributed by atoms with Crippen molar-refractivity contribution in [2.75, 3.05) is 24.6 Å². The van der Waals surface area contributed by atoms with E-state index in [9.17, 15) is 10.1 Å². The number of benzene rings is 2. The van der Waals surface area contributed by atoms with Gasteiger partial charge in [0, 0.05) is 16.8 Å². The van der Waals surface area contributed by atoms with E-state index >= 15 is 0 Å². The summed E-state index contributed by atoms with van der Waals surface area (Å²) in [7, 11) is 1.64. The van der Waals surface area contributed by atoms with Gasteiger partial charge >= 0.3 is 0 Å². The average molecular weight is 456 g/mol. The van der Waals surface area contributed by atoms with Crippen molar-refractivity contribution in [1.82, 2.24) is 4.90 Å². The van der Waals surface area contributed by atoms with E-state index < -0.39 is 0 Å². The van der Waals surface area contributed by atoms with Crippen LogP contribution < -0.4 is 9.64 Å². The fourth-order valence-corrected chi connectivity index (χ4v) is 5.01. The maximum Gasteiger partial charge on any atom is 0.229 e. The number of hydrogen-bond donors (Lipinski definition) is 0. The first-order valence-electron chi connectivity index (χ1n) is 8.83. The summed E-state index contributed by atoms with van der Waals surface area (Å²) in [6.45, 7) is 0.416. The van der Waals surface area contributed by atoms with Gasteiger partial charge in [0.05, 0.1) is 42.0 Å². The third kappa shape index (κ3) is 3.38. The van der Waals surface area contributed by atoms with Gasteiger partial charge in [-0.05, 0) is 29.8 Å². The highest BCUT2D eigenvalue weighted by Crippen LogP contribution is 2.44. The Kier molecular flexibility index (Phi) is 5.33. The van der Waals surface area contributed by atoms with E-state index in [1.54, 1.807) is 12.0 Å². The molecule has 2 aliphatic rings. The average Bonchev–Trinajstić information content (AvgIpc) is 2.74. The molecule has 142 valence electrons. The summed E-state index contributed by atoms with van der Waals surface area (Å²) < 4.78 is 6.44. The number of allylic oxidation sites excluding steroid dienone is 1. The topological polar surface area (TPSA) is 56.6 Å². The summed E-state index contributed by atoms with van der Waals surface area (Å²) in [5.74, 6) is 1.27. The van der Waals surface area contributed by atoms with Crippen LogP contribution in [0.4, 0.5) is 5.69 Å². The Labute approximate surface area is 176 Å². The highest BCUT2D eigenvalue weighted by atomic mass is 79.9. The van der Waals surface area contributed by atoms with Crippen LogP contribution in [0.3, 0.4) is 0 Å². The number of hydrogen-bond acceptors (Lipinski definition) is 5. The molecule has 0 spiro atoms. The van der Waals surface area contributed by atoms with Gasteiger partial charge in [0.2, 0.25) is 5.91 Å². The van der Waals surface area contributed by atoms with Gasteiger partial charge < -0.3 is 9.64 Å². The van der Waals surface area contributed by atoms with E-state index in [2.05, 4.69) is 26.9 Å². The van der Waals surface area contributed by atoms with Gasteiger partial charge in [-0.15, -0.1) is 0 Å². The standard InChI is InChI=1S/C21H18BrN3O2S/c1-27-19-5-3-2-4-18(19)24-12-25-20(26)10-16(14-6-8-15(22)9-7-14)17(11-23)21(25)28-13-24/h2-9,16H,10,12-13H2,1H3/t16-/m1/s1. The molecule has 2 aromatic carbocycles. The van der Waals surface area contributed by atoms with Crippen LogP contribution in [0.1, 0.15) is 17.9 Å². The van der Waals surface area contributed by atoms with Crippen LogP contribution in [-0.4, -0.2) is 30.5 Å². The van der Waals surface area contributed by atoms with Crippen molar-refractivity contribution in [2.24, 2.45) is 0 Å². The minimum Gasteiger partial charge on any atom is -0.495 e. The first-order chi connectivity index (χ1) is 13.6. The van der Waals surface area contributed by atoms with E-state index in [4.69, 9.17) is 4.74 Å². The molecule has 0 radical (unpaired) electrons. The molecule has 5 nitrogen and oxygen atoms in total. The predicted molar refractivity (Wildman–Crippen MR) is 114 cm³/mol. The van der Waals surface area contributed by atoms with Crippen LogP contribution in [0, 0.1) is 11.3 Å². The Morgan fingerprint density at radius 3 is 2.68 bits per heavy atom. The van der Waals surface area contributed by atoms with Gasteiger partial charge in [-0.2, -0.15) is 5.26 Å². The maximum absolute atomic E-state index is 13.0. The minimum atomic E-state index is -0.192. The largest absolute Gasteiger partial charge is 0.495 e. The van der Waals surface area contributed by atoms with Gasteiger partial charge in [0.25, 0.3) is 0 Å². The lowest BCUT2D eigenvalue weighted by molar-refractivity contribution is -0.129. The number of amides is 1. The molecule has 0 aliphatic carbocycles. The van der Waals surface area contributed by atoms with Crippen LogP contribution >= 0.6 is 27.7 Å². The second kappa shape index (κ2) is 7.90. The van der Waals surface area contributed by atoms with Crippen molar-refractivity contribution in [2.45, 2.75) is 12.3 Å². The molecular weight excluding hydrogens is 438 g/mol. The zero-order valence-corrected chi connectivity index (χ0v) is 17.7. The lowest BCUT2D eigenvalue weighted by atomic mass is 9.86.